The highest BCUT2D eigenvalue weighted by atomic mass is 32.2. The number of aldehydes is 1. The topological polar surface area (TPSA) is 177 Å². The molecular formula is C24H30N6O5S. The molecule has 36 heavy (non-hydrogen) atoms. The fourth-order valence-electron chi connectivity index (χ4n) is 3.73. The normalized spacial score (nSPS) is 15.0. The van der Waals surface area contributed by atoms with Gasteiger partial charge in [-0.25, -0.2) is 8.42 Å². The molecule has 2 aromatic rings. The molecule has 0 aromatic heterocycles. The Kier molecular flexibility index (Phi) is 9.31. The second-order valence-corrected chi connectivity index (χ2v) is 9.81. The summed E-state index contributed by atoms with van der Waals surface area (Å²) in [4.78, 5) is 38.2. The molecule has 3 rings (SSSR count). The molecule has 1 aliphatic rings. The maximum Gasteiger partial charge on any atom is 0.271 e. The summed E-state index contributed by atoms with van der Waals surface area (Å²) in [5.74, 6) is -1.20. The fourth-order valence-corrected chi connectivity index (χ4v) is 5.04. The first-order valence-electron chi connectivity index (χ1n) is 11.4. The maximum atomic E-state index is 13.2. The van der Waals surface area contributed by atoms with Gasteiger partial charge in [0.2, 0.25) is 5.91 Å². The van der Waals surface area contributed by atoms with E-state index < -0.39 is 28.1 Å². The summed E-state index contributed by atoms with van der Waals surface area (Å²) in [6, 6.07) is 12.0. The van der Waals surface area contributed by atoms with Crippen LogP contribution in [0.5, 0.6) is 0 Å². The minimum atomic E-state index is -4.08. The van der Waals surface area contributed by atoms with E-state index in [2.05, 4.69) is 15.4 Å². The van der Waals surface area contributed by atoms with Crippen LogP contribution in [0, 0.1) is 0 Å². The van der Waals surface area contributed by atoms with Gasteiger partial charge in [0, 0.05) is 18.5 Å². The zero-order chi connectivity index (χ0) is 26.1. The summed E-state index contributed by atoms with van der Waals surface area (Å²) in [7, 11) is -4.08. The molecule has 7 N–H and O–H groups in total. The van der Waals surface area contributed by atoms with Gasteiger partial charge in [-0.1, -0.05) is 48.6 Å². The van der Waals surface area contributed by atoms with E-state index >= 15 is 0 Å². The number of nitrogens with one attached hydrogen (secondary N) is 3. The Labute approximate surface area is 209 Å². The van der Waals surface area contributed by atoms with Crippen LogP contribution in [0.3, 0.4) is 0 Å². The molecule has 12 heteroatoms. The Morgan fingerprint density at radius 2 is 1.89 bits per heavy atom. The van der Waals surface area contributed by atoms with E-state index in [0.717, 1.165) is 5.39 Å². The van der Waals surface area contributed by atoms with E-state index in [1.54, 1.807) is 30.3 Å². The van der Waals surface area contributed by atoms with E-state index in [4.69, 9.17) is 11.5 Å². The smallest absolute Gasteiger partial charge is 0.271 e. The van der Waals surface area contributed by atoms with Crippen LogP contribution in [0.15, 0.2) is 70.9 Å². The van der Waals surface area contributed by atoms with Gasteiger partial charge in [0.05, 0.1) is 10.6 Å². The first kappa shape index (κ1) is 27.0. The van der Waals surface area contributed by atoms with Crippen molar-refractivity contribution in [3.8, 4) is 0 Å². The minimum Gasteiger partial charge on any atom is -0.328 e. The van der Waals surface area contributed by atoms with Gasteiger partial charge >= 0.3 is 0 Å². The van der Waals surface area contributed by atoms with Crippen molar-refractivity contribution in [1.29, 1.82) is 0 Å². The van der Waals surface area contributed by atoms with E-state index in [9.17, 15) is 22.8 Å². The zero-order valence-corrected chi connectivity index (χ0v) is 20.5. The number of sulfonamides is 1. The molecule has 11 nitrogen and oxygen atoms in total. The van der Waals surface area contributed by atoms with Crippen molar-refractivity contribution in [3.63, 3.8) is 0 Å². The Morgan fingerprint density at radius 1 is 1.14 bits per heavy atom. The standard InChI is InChI=1S/C24H30N6O5S/c25-24(26)27-13-6-9-18(16-31)28-22(32)15-30-14-4-3-11-20(23(30)33)29-36(34,35)21-12-5-8-17-7-1-2-10-19(17)21/h1-2,5,7-12,16,24,27,29H,3-4,6,13-15,25-26H2,(H,28,32)/b18-9+. The number of benzene rings is 2. The van der Waals surface area contributed by atoms with E-state index in [1.165, 1.54) is 23.1 Å². The molecule has 2 aromatic carbocycles. The van der Waals surface area contributed by atoms with Gasteiger partial charge < -0.3 is 21.7 Å². The van der Waals surface area contributed by atoms with Crippen molar-refractivity contribution in [2.24, 2.45) is 11.5 Å². The molecule has 1 heterocycles. The van der Waals surface area contributed by atoms with Gasteiger partial charge in [0.25, 0.3) is 15.9 Å². The van der Waals surface area contributed by atoms with Gasteiger partial charge in [0.1, 0.15) is 18.5 Å². The molecule has 2 amide bonds. The van der Waals surface area contributed by atoms with Gasteiger partial charge in [-0.15, -0.1) is 0 Å². The highest BCUT2D eigenvalue weighted by Crippen LogP contribution is 2.23. The number of rotatable bonds is 11. The number of fused-ring (bicyclic) bond motifs is 1. The molecule has 0 fully saturated rings. The third-order valence-corrected chi connectivity index (χ3v) is 6.84. The van der Waals surface area contributed by atoms with Crippen molar-refractivity contribution in [3.05, 3.63) is 66.0 Å². The number of hydrogen-bond acceptors (Lipinski definition) is 8. The van der Waals surface area contributed by atoms with E-state index in [1.807, 2.05) is 6.07 Å². The highest BCUT2D eigenvalue weighted by Gasteiger charge is 2.27. The summed E-state index contributed by atoms with van der Waals surface area (Å²) in [6.07, 6.45) is 4.22. The summed E-state index contributed by atoms with van der Waals surface area (Å²) in [6.45, 7) is 0.310. The second kappa shape index (κ2) is 12.4. The Bertz CT molecular complexity index is 1280. The Hall–Kier alpha value is -3.58. The lowest BCUT2D eigenvalue weighted by molar-refractivity contribution is -0.133. The molecule has 0 saturated heterocycles. The number of carbonyl (C=O) groups excluding carboxylic acids is 3. The average Bonchev–Trinajstić information content (AvgIpc) is 3.01. The monoisotopic (exact) mass is 514 g/mol. The molecule has 0 radical (unpaired) electrons. The zero-order valence-electron chi connectivity index (χ0n) is 19.6. The Balaban J connectivity index is 1.69. The molecule has 1 aliphatic heterocycles. The van der Waals surface area contributed by atoms with Crippen LogP contribution in [-0.4, -0.2) is 57.3 Å². The molecule has 0 atom stereocenters. The van der Waals surface area contributed by atoms with Crippen LogP contribution in [-0.2, 0) is 24.4 Å². The lowest BCUT2D eigenvalue weighted by atomic mass is 10.1. The number of nitrogens with two attached hydrogens (primary N) is 2. The quantitative estimate of drug-likeness (QED) is 0.120. The third-order valence-electron chi connectivity index (χ3n) is 5.42. The first-order chi connectivity index (χ1) is 17.2. The molecular weight excluding hydrogens is 484 g/mol. The molecule has 0 spiro atoms. The molecule has 0 aliphatic carbocycles. The highest BCUT2D eigenvalue weighted by molar-refractivity contribution is 7.90. The van der Waals surface area contributed by atoms with Crippen LogP contribution in [0.4, 0.5) is 0 Å². The van der Waals surface area contributed by atoms with E-state index in [0.29, 0.717) is 37.5 Å². The second-order valence-electron chi connectivity index (χ2n) is 8.16. The number of nitrogens with zero attached hydrogens (tertiary/aromatic N) is 1. The average molecular weight is 515 g/mol. The van der Waals surface area contributed by atoms with Crippen molar-refractivity contribution >= 4 is 38.9 Å². The van der Waals surface area contributed by atoms with Crippen LogP contribution in [0.2, 0.25) is 0 Å². The number of amides is 2. The fraction of sp³-hybridized carbons (Fsp3) is 0.292. The van der Waals surface area contributed by atoms with Gasteiger partial charge in [-0.3, -0.25) is 24.4 Å². The summed E-state index contributed by atoms with van der Waals surface area (Å²) < 4.78 is 28.8. The number of hydrogen-bond donors (Lipinski definition) is 5. The van der Waals surface area contributed by atoms with Gasteiger partial charge in [-0.2, -0.15) is 0 Å². The molecule has 0 saturated carbocycles. The van der Waals surface area contributed by atoms with Crippen molar-refractivity contribution < 1.29 is 22.8 Å². The summed E-state index contributed by atoms with van der Waals surface area (Å²) in [5, 5.41) is 6.51. The maximum absolute atomic E-state index is 13.2. The summed E-state index contributed by atoms with van der Waals surface area (Å²) >= 11 is 0. The molecule has 192 valence electrons. The van der Waals surface area contributed by atoms with Crippen LogP contribution < -0.4 is 26.8 Å². The molecule has 0 unspecified atom stereocenters. The van der Waals surface area contributed by atoms with Crippen molar-refractivity contribution in [2.45, 2.75) is 30.4 Å². The number of carbonyl (C=O) groups is 3. The van der Waals surface area contributed by atoms with Crippen LogP contribution in [0.25, 0.3) is 10.8 Å². The van der Waals surface area contributed by atoms with Gasteiger partial charge in [0.15, 0.2) is 6.29 Å². The predicted octanol–water partition coefficient (Wildman–Crippen LogP) is 0.00410. The Morgan fingerprint density at radius 3 is 2.64 bits per heavy atom. The van der Waals surface area contributed by atoms with E-state index in [-0.39, 0.29) is 29.4 Å². The van der Waals surface area contributed by atoms with Gasteiger partial charge in [-0.05, 0) is 30.7 Å². The third kappa shape index (κ3) is 7.21. The van der Waals surface area contributed by atoms with Crippen molar-refractivity contribution in [2.75, 3.05) is 19.6 Å². The molecule has 0 bridgehead atoms. The largest absolute Gasteiger partial charge is 0.328 e. The lowest BCUT2D eigenvalue weighted by Crippen LogP contribution is -2.45. The SMILES string of the molecule is NC(N)NCC/C=C(\C=O)NC(=O)CN1CCCC=C(NS(=O)(=O)c2cccc3ccccc23)C1=O. The van der Waals surface area contributed by atoms with Crippen LogP contribution in [0.1, 0.15) is 19.3 Å². The van der Waals surface area contributed by atoms with Crippen LogP contribution >= 0.6 is 0 Å². The predicted molar refractivity (Wildman–Crippen MR) is 135 cm³/mol. The first-order valence-corrected chi connectivity index (χ1v) is 12.9. The summed E-state index contributed by atoms with van der Waals surface area (Å²) in [5.41, 5.74) is 10.7. The lowest BCUT2D eigenvalue weighted by Gasteiger charge is -2.22. The minimum absolute atomic E-state index is 0.0436. The van der Waals surface area contributed by atoms with Crippen molar-refractivity contribution in [1.82, 2.24) is 20.3 Å². The number of allylic oxidation sites excluding steroid dienone is 2.